The van der Waals surface area contributed by atoms with E-state index >= 15 is 0 Å². The van der Waals surface area contributed by atoms with E-state index in [1.807, 2.05) is 13.8 Å². The molecule has 0 spiro atoms. The van der Waals surface area contributed by atoms with Crippen LogP contribution in [0.4, 0.5) is 0 Å². The highest BCUT2D eigenvalue weighted by atomic mass is 35.5. The van der Waals surface area contributed by atoms with Gasteiger partial charge in [0, 0.05) is 16.8 Å². The summed E-state index contributed by atoms with van der Waals surface area (Å²) in [7, 11) is -3.60. The second-order valence-corrected chi connectivity index (χ2v) is 7.86. The van der Waals surface area contributed by atoms with Crippen molar-refractivity contribution in [3.63, 3.8) is 0 Å². The maximum Gasteiger partial charge on any atom is 0.335 e. The number of aromatic nitrogens is 2. The number of carbonyl (C=O) groups excluding carboxylic acids is 1. The molecule has 0 aliphatic rings. The largest absolute Gasteiger partial charge is 0.410 e. The van der Waals surface area contributed by atoms with Gasteiger partial charge in [-0.25, -0.2) is 8.42 Å². The summed E-state index contributed by atoms with van der Waals surface area (Å²) in [5, 5.41) is 10.1. The number of amides is 1. The molecule has 7 nitrogen and oxygen atoms in total. The first kappa shape index (κ1) is 18.4. The van der Waals surface area contributed by atoms with Crippen molar-refractivity contribution in [2.45, 2.75) is 31.5 Å². The van der Waals surface area contributed by atoms with Crippen LogP contribution in [-0.2, 0) is 9.84 Å². The van der Waals surface area contributed by atoms with Crippen molar-refractivity contribution in [2.75, 3.05) is 6.26 Å². The number of sulfone groups is 1. The molecule has 0 bridgehead atoms. The lowest BCUT2D eigenvalue weighted by molar-refractivity contribution is 0.0911. The van der Waals surface area contributed by atoms with Gasteiger partial charge in [0.05, 0.1) is 0 Å². The molecule has 1 N–H and O–H groups in total. The lowest BCUT2D eigenvalue weighted by atomic mass is 9.98. The Labute approximate surface area is 145 Å². The quantitative estimate of drug-likeness (QED) is 0.837. The maximum absolute atomic E-state index is 12.4. The Bertz CT molecular complexity index is 835. The van der Waals surface area contributed by atoms with Gasteiger partial charge < -0.3 is 9.73 Å². The topological polar surface area (TPSA) is 102 Å². The molecular formula is C15H18ClN3O4S. The van der Waals surface area contributed by atoms with E-state index in [4.69, 9.17) is 16.0 Å². The van der Waals surface area contributed by atoms with Crippen LogP contribution < -0.4 is 5.32 Å². The van der Waals surface area contributed by atoms with Crippen LogP contribution in [0.25, 0.3) is 0 Å². The number of hydrogen-bond acceptors (Lipinski definition) is 6. The Morgan fingerprint density at radius 3 is 2.62 bits per heavy atom. The van der Waals surface area contributed by atoms with E-state index in [1.165, 1.54) is 0 Å². The SMILES string of the molecule is CC[C@@H](C)[C@H](NC(=O)c1cccc(Cl)c1)c1nnc(S(C)(=O)=O)o1. The minimum absolute atomic E-state index is 0.0407. The zero-order valence-corrected chi connectivity index (χ0v) is 15.1. The Morgan fingerprint density at radius 1 is 1.38 bits per heavy atom. The molecule has 1 aromatic carbocycles. The van der Waals surface area contributed by atoms with Gasteiger partial charge in [-0.05, 0) is 24.1 Å². The molecule has 130 valence electrons. The van der Waals surface area contributed by atoms with Gasteiger partial charge in [-0.2, -0.15) is 0 Å². The van der Waals surface area contributed by atoms with Gasteiger partial charge in [0.2, 0.25) is 15.7 Å². The first-order chi connectivity index (χ1) is 11.2. The van der Waals surface area contributed by atoms with E-state index in [9.17, 15) is 13.2 Å². The van der Waals surface area contributed by atoms with Crippen molar-refractivity contribution in [3.8, 4) is 0 Å². The lowest BCUT2D eigenvalue weighted by Gasteiger charge is -2.21. The van der Waals surface area contributed by atoms with Gasteiger partial charge >= 0.3 is 5.22 Å². The third-order valence-corrected chi connectivity index (χ3v) is 4.63. The molecule has 0 saturated heterocycles. The highest BCUT2D eigenvalue weighted by molar-refractivity contribution is 7.90. The summed E-state index contributed by atoms with van der Waals surface area (Å²) in [4.78, 5) is 12.4. The van der Waals surface area contributed by atoms with Crippen molar-refractivity contribution < 1.29 is 17.6 Å². The predicted molar refractivity (Wildman–Crippen MR) is 88.5 cm³/mol. The third-order valence-electron chi connectivity index (χ3n) is 3.59. The number of nitrogens with zero attached hydrogens (tertiary/aromatic N) is 2. The minimum Gasteiger partial charge on any atom is -0.410 e. The molecule has 2 aromatic rings. The summed E-state index contributed by atoms with van der Waals surface area (Å²) >= 11 is 5.90. The van der Waals surface area contributed by atoms with Crippen LogP contribution in [0.1, 0.15) is 42.6 Å². The van der Waals surface area contributed by atoms with E-state index in [-0.39, 0.29) is 17.7 Å². The second kappa shape index (κ2) is 7.31. The van der Waals surface area contributed by atoms with Gasteiger partial charge in [0.1, 0.15) is 6.04 Å². The number of rotatable bonds is 6. The molecule has 0 aliphatic heterocycles. The molecule has 24 heavy (non-hydrogen) atoms. The van der Waals surface area contributed by atoms with Gasteiger partial charge in [0.25, 0.3) is 5.91 Å². The fraction of sp³-hybridized carbons (Fsp3) is 0.400. The number of halogens is 1. The molecule has 0 fully saturated rings. The molecule has 2 rings (SSSR count). The average molecular weight is 372 g/mol. The zero-order valence-electron chi connectivity index (χ0n) is 13.5. The number of hydrogen-bond donors (Lipinski definition) is 1. The molecule has 1 amide bonds. The zero-order chi connectivity index (χ0) is 17.9. The van der Waals surface area contributed by atoms with Gasteiger partial charge in [-0.3, -0.25) is 4.79 Å². The highest BCUT2D eigenvalue weighted by Gasteiger charge is 2.28. The summed E-state index contributed by atoms with van der Waals surface area (Å²) in [6.45, 7) is 3.84. The van der Waals surface area contributed by atoms with Gasteiger partial charge in [0.15, 0.2) is 0 Å². The standard InChI is InChI=1S/C15H18ClN3O4S/c1-4-9(2)12(14-18-19-15(23-14)24(3,21)22)17-13(20)10-6-5-7-11(16)8-10/h5-9,12H,4H2,1-3H3,(H,17,20)/t9-,12+/m1/s1. The highest BCUT2D eigenvalue weighted by Crippen LogP contribution is 2.25. The number of nitrogens with one attached hydrogen (secondary N) is 1. The number of carbonyl (C=O) groups is 1. The Hall–Kier alpha value is -1.93. The van der Waals surface area contributed by atoms with Crippen LogP contribution in [0.3, 0.4) is 0 Å². The molecule has 2 atom stereocenters. The van der Waals surface area contributed by atoms with Crippen molar-refractivity contribution in [3.05, 3.63) is 40.7 Å². The summed E-state index contributed by atoms with van der Waals surface area (Å²) < 4.78 is 28.2. The van der Waals surface area contributed by atoms with Crippen molar-refractivity contribution in [1.29, 1.82) is 0 Å². The van der Waals surface area contributed by atoms with Crippen LogP contribution >= 0.6 is 11.6 Å². The monoisotopic (exact) mass is 371 g/mol. The summed E-state index contributed by atoms with van der Waals surface area (Å²) in [6, 6.07) is 5.90. The molecule has 1 heterocycles. The molecule has 0 saturated carbocycles. The maximum atomic E-state index is 12.4. The van der Waals surface area contributed by atoms with Crippen LogP contribution in [0.5, 0.6) is 0 Å². The molecule has 1 aromatic heterocycles. The van der Waals surface area contributed by atoms with E-state index in [0.29, 0.717) is 10.6 Å². The Balaban J connectivity index is 2.29. The fourth-order valence-electron chi connectivity index (χ4n) is 2.03. The minimum atomic E-state index is -3.60. The normalized spacial score (nSPS) is 14.2. The van der Waals surface area contributed by atoms with Crippen molar-refractivity contribution in [1.82, 2.24) is 15.5 Å². The molecule has 0 unspecified atom stereocenters. The average Bonchev–Trinajstić information content (AvgIpc) is 3.01. The first-order valence-corrected chi connectivity index (χ1v) is 9.59. The molecule has 0 aliphatic carbocycles. The van der Waals surface area contributed by atoms with Crippen LogP contribution in [0.2, 0.25) is 5.02 Å². The summed E-state index contributed by atoms with van der Waals surface area (Å²) in [6.07, 6.45) is 1.70. The van der Waals surface area contributed by atoms with Crippen molar-refractivity contribution >= 4 is 27.3 Å². The van der Waals surface area contributed by atoms with E-state index < -0.39 is 21.1 Å². The van der Waals surface area contributed by atoms with Gasteiger partial charge in [-0.1, -0.05) is 43.0 Å². The lowest BCUT2D eigenvalue weighted by Crippen LogP contribution is -2.32. The van der Waals surface area contributed by atoms with E-state index in [1.54, 1.807) is 24.3 Å². The van der Waals surface area contributed by atoms with E-state index in [2.05, 4.69) is 15.5 Å². The second-order valence-electron chi connectivity index (χ2n) is 5.53. The summed E-state index contributed by atoms with van der Waals surface area (Å²) in [5.41, 5.74) is 0.388. The Morgan fingerprint density at radius 2 is 2.08 bits per heavy atom. The van der Waals surface area contributed by atoms with Crippen LogP contribution in [0, 0.1) is 5.92 Å². The van der Waals surface area contributed by atoms with Crippen molar-refractivity contribution in [2.24, 2.45) is 5.92 Å². The molecule has 0 radical (unpaired) electrons. The van der Waals surface area contributed by atoms with Crippen LogP contribution in [-0.4, -0.2) is 30.8 Å². The summed E-state index contributed by atoms with van der Waals surface area (Å²) in [5.74, 6) is -0.344. The smallest absolute Gasteiger partial charge is 0.335 e. The predicted octanol–water partition coefficient (Wildman–Crippen LogP) is 2.64. The van der Waals surface area contributed by atoms with E-state index in [0.717, 1.165) is 12.7 Å². The van der Waals surface area contributed by atoms with Gasteiger partial charge in [-0.15, -0.1) is 5.10 Å². The Kier molecular flexibility index (Phi) is 5.61. The molecule has 9 heteroatoms. The molecular weight excluding hydrogens is 354 g/mol. The van der Waals surface area contributed by atoms with Crippen LogP contribution in [0.15, 0.2) is 33.9 Å². The first-order valence-electron chi connectivity index (χ1n) is 7.32. The number of benzene rings is 1. The third kappa shape index (κ3) is 4.33. The fourth-order valence-corrected chi connectivity index (χ4v) is 2.65.